The number of ketones is 1. The summed E-state index contributed by atoms with van der Waals surface area (Å²) < 4.78 is 1.05. The van der Waals surface area contributed by atoms with Gasteiger partial charge in [0.1, 0.15) is 5.78 Å². The maximum Gasteiger partial charge on any atom is 0.142 e. The molecule has 0 spiro atoms. The Balaban J connectivity index is 2.53. The SMILES string of the molecule is CNCC(C)C(=O)Cc1sccc1Br. The summed E-state index contributed by atoms with van der Waals surface area (Å²) >= 11 is 5.05. The zero-order chi connectivity index (χ0) is 10.6. The Morgan fingerprint density at radius 3 is 2.93 bits per heavy atom. The van der Waals surface area contributed by atoms with Crippen LogP contribution in [0.2, 0.25) is 0 Å². The van der Waals surface area contributed by atoms with Gasteiger partial charge in [-0.15, -0.1) is 11.3 Å². The second-order valence-electron chi connectivity index (χ2n) is 3.29. The molecule has 0 radical (unpaired) electrons. The highest BCUT2D eigenvalue weighted by Gasteiger charge is 2.14. The number of carbonyl (C=O) groups excluding carboxylic acids is 1. The van der Waals surface area contributed by atoms with Crippen molar-refractivity contribution in [3.05, 3.63) is 20.8 Å². The lowest BCUT2D eigenvalue weighted by Crippen LogP contribution is -2.24. The van der Waals surface area contributed by atoms with Gasteiger partial charge in [-0.1, -0.05) is 6.92 Å². The van der Waals surface area contributed by atoms with Crippen LogP contribution in [-0.4, -0.2) is 19.4 Å². The highest BCUT2D eigenvalue weighted by Crippen LogP contribution is 2.23. The molecule has 1 heterocycles. The van der Waals surface area contributed by atoms with Crippen LogP contribution < -0.4 is 5.32 Å². The molecule has 4 heteroatoms. The first-order valence-corrected chi connectivity index (χ1v) is 6.21. The lowest BCUT2D eigenvalue weighted by atomic mass is 10.0. The van der Waals surface area contributed by atoms with Gasteiger partial charge < -0.3 is 5.32 Å². The minimum absolute atomic E-state index is 0.0917. The van der Waals surface area contributed by atoms with E-state index in [2.05, 4.69) is 21.2 Å². The van der Waals surface area contributed by atoms with E-state index in [1.165, 1.54) is 0 Å². The summed E-state index contributed by atoms with van der Waals surface area (Å²) in [6.45, 7) is 2.71. The molecule has 1 N–H and O–H groups in total. The minimum Gasteiger partial charge on any atom is -0.319 e. The summed E-state index contributed by atoms with van der Waals surface area (Å²) in [5, 5.41) is 5.01. The van der Waals surface area contributed by atoms with Gasteiger partial charge in [-0.25, -0.2) is 0 Å². The first-order valence-electron chi connectivity index (χ1n) is 4.54. The molecule has 1 rings (SSSR count). The third kappa shape index (κ3) is 3.19. The zero-order valence-corrected chi connectivity index (χ0v) is 10.7. The van der Waals surface area contributed by atoms with Crippen molar-refractivity contribution in [1.29, 1.82) is 0 Å². The van der Waals surface area contributed by atoms with Crippen molar-refractivity contribution < 1.29 is 4.79 Å². The monoisotopic (exact) mass is 275 g/mol. The lowest BCUT2D eigenvalue weighted by Gasteiger charge is -2.08. The van der Waals surface area contributed by atoms with Crippen LogP contribution in [0.25, 0.3) is 0 Å². The lowest BCUT2D eigenvalue weighted by molar-refractivity contribution is -0.121. The zero-order valence-electron chi connectivity index (χ0n) is 8.34. The highest BCUT2D eigenvalue weighted by atomic mass is 79.9. The van der Waals surface area contributed by atoms with Crippen LogP contribution in [-0.2, 0) is 11.2 Å². The van der Waals surface area contributed by atoms with Crippen LogP contribution in [0.1, 0.15) is 11.8 Å². The Morgan fingerprint density at radius 2 is 2.43 bits per heavy atom. The maximum absolute atomic E-state index is 11.7. The molecule has 1 atom stereocenters. The average Bonchev–Trinajstić information content (AvgIpc) is 2.52. The first kappa shape index (κ1) is 11.9. The fourth-order valence-electron chi connectivity index (χ4n) is 1.20. The van der Waals surface area contributed by atoms with E-state index in [0.717, 1.165) is 15.9 Å². The molecule has 0 fully saturated rings. The topological polar surface area (TPSA) is 29.1 Å². The Kier molecular flexibility index (Phi) is 4.78. The van der Waals surface area contributed by atoms with Gasteiger partial charge in [-0.2, -0.15) is 0 Å². The van der Waals surface area contributed by atoms with Crippen LogP contribution in [0.5, 0.6) is 0 Å². The number of nitrogens with one attached hydrogen (secondary N) is 1. The summed E-state index contributed by atoms with van der Waals surface area (Å²) in [4.78, 5) is 12.8. The molecule has 0 aliphatic carbocycles. The van der Waals surface area contributed by atoms with Crippen LogP contribution >= 0.6 is 27.3 Å². The molecule has 1 aromatic heterocycles. The number of hydrogen-bond acceptors (Lipinski definition) is 3. The third-order valence-corrected chi connectivity index (χ3v) is 4.01. The van der Waals surface area contributed by atoms with Gasteiger partial charge in [0.25, 0.3) is 0 Å². The summed E-state index contributed by atoms with van der Waals surface area (Å²) in [6.07, 6.45) is 0.543. The fourth-order valence-corrected chi connectivity index (χ4v) is 2.71. The quantitative estimate of drug-likeness (QED) is 0.895. The van der Waals surface area contributed by atoms with E-state index in [0.29, 0.717) is 12.2 Å². The van der Waals surface area contributed by atoms with E-state index >= 15 is 0 Å². The van der Waals surface area contributed by atoms with Gasteiger partial charge in [0, 0.05) is 28.2 Å². The molecule has 0 aromatic carbocycles. The van der Waals surface area contributed by atoms with Crippen LogP contribution in [0, 0.1) is 5.92 Å². The largest absolute Gasteiger partial charge is 0.319 e. The van der Waals surface area contributed by atoms with E-state index in [1.54, 1.807) is 11.3 Å². The van der Waals surface area contributed by atoms with Crippen molar-refractivity contribution in [1.82, 2.24) is 5.32 Å². The molecule has 14 heavy (non-hydrogen) atoms. The molecule has 0 saturated carbocycles. The molecular weight excluding hydrogens is 262 g/mol. The number of rotatable bonds is 5. The molecule has 78 valence electrons. The Labute approximate surface area is 96.8 Å². The van der Waals surface area contributed by atoms with Gasteiger partial charge in [0.15, 0.2) is 0 Å². The molecule has 0 aliphatic heterocycles. The van der Waals surface area contributed by atoms with E-state index in [4.69, 9.17) is 0 Å². The molecule has 1 aromatic rings. The van der Waals surface area contributed by atoms with Gasteiger partial charge in [0.2, 0.25) is 0 Å². The van der Waals surface area contributed by atoms with Crippen molar-refractivity contribution >= 4 is 33.0 Å². The standard InChI is InChI=1S/C10H14BrNOS/c1-7(6-12-2)9(13)5-10-8(11)3-4-14-10/h3-4,7,12H,5-6H2,1-2H3. The molecule has 0 amide bonds. The van der Waals surface area contributed by atoms with Gasteiger partial charge in [0.05, 0.1) is 0 Å². The number of thiophene rings is 1. The molecule has 2 nitrogen and oxygen atoms in total. The second kappa shape index (κ2) is 5.63. The number of carbonyl (C=O) groups is 1. The van der Waals surface area contributed by atoms with Crippen molar-refractivity contribution in [2.75, 3.05) is 13.6 Å². The summed E-state index contributed by atoms with van der Waals surface area (Å²) in [5.74, 6) is 0.386. The third-order valence-electron chi connectivity index (χ3n) is 2.09. The molecular formula is C10H14BrNOS. The fraction of sp³-hybridized carbons (Fsp3) is 0.500. The van der Waals surface area contributed by atoms with Crippen LogP contribution in [0.4, 0.5) is 0 Å². The number of halogens is 1. The first-order chi connectivity index (χ1) is 6.65. The normalized spacial score (nSPS) is 12.8. The van der Waals surface area contributed by atoms with Crippen LogP contribution in [0.15, 0.2) is 15.9 Å². The second-order valence-corrected chi connectivity index (χ2v) is 5.15. The summed E-state index contributed by atoms with van der Waals surface area (Å²) in [5.41, 5.74) is 0. The summed E-state index contributed by atoms with van der Waals surface area (Å²) in [6, 6.07) is 1.98. The van der Waals surface area contributed by atoms with E-state index < -0.39 is 0 Å². The van der Waals surface area contributed by atoms with Crippen molar-refractivity contribution in [2.24, 2.45) is 5.92 Å². The Morgan fingerprint density at radius 1 is 1.71 bits per heavy atom. The van der Waals surface area contributed by atoms with Gasteiger partial charge in [-0.05, 0) is 34.4 Å². The predicted octanol–water partition coefficient (Wildman–Crippen LogP) is 2.48. The molecule has 0 bridgehead atoms. The van der Waals surface area contributed by atoms with Gasteiger partial charge >= 0.3 is 0 Å². The van der Waals surface area contributed by atoms with E-state index in [-0.39, 0.29) is 5.92 Å². The molecule has 0 aliphatic rings. The Bertz CT molecular complexity index is 311. The highest BCUT2D eigenvalue weighted by molar-refractivity contribution is 9.10. The van der Waals surface area contributed by atoms with Crippen molar-refractivity contribution in [3.8, 4) is 0 Å². The van der Waals surface area contributed by atoms with Gasteiger partial charge in [-0.3, -0.25) is 4.79 Å². The number of Topliss-reactive ketones (excluding diaryl/α,β-unsaturated/α-hetero) is 1. The molecule has 1 unspecified atom stereocenters. The van der Waals surface area contributed by atoms with Crippen molar-refractivity contribution in [2.45, 2.75) is 13.3 Å². The van der Waals surface area contributed by atoms with Crippen molar-refractivity contribution in [3.63, 3.8) is 0 Å². The Hall–Kier alpha value is -0.190. The van der Waals surface area contributed by atoms with E-state index in [1.807, 2.05) is 25.4 Å². The number of hydrogen-bond donors (Lipinski definition) is 1. The average molecular weight is 276 g/mol. The van der Waals surface area contributed by atoms with Crippen LogP contribution in [0.3, 0.4) is 0 Å². The predicted molar refractivity (Wildman–Crippen MR) is 63.8 cm³/mol. The van der Waals surface area contributed by atoms with E-state index in [9.17, 15) is 4.79 Å². The minimum atomic E-state index is 0.0917. The maximum atomic E-state index is 11.7. The smallest absolute Gasteiger partial charge is 0.142 e. The molecule has 0 saturated heterocycles. The summed E-state index contributed by atoms with van der Waals surface area (Å²) in [7, 11) is 1.87.